The van der Waals surface area contributed by atoms with Gasteiger partial charge in [-0.2, -0.15) is 5.10 Å². The van der Waals surface area contributed by atoms with E-state index in [1.54, 1.807) is 16.4 Å². The molecule has 3 rings (SSSR count). The Morgan fingerprint density at radius 3 is 3.00 bits per heavy atom. The first-order valence-electron chi connectivity index (χ1n) is 5.79. The highest BCUT2D eigenvalue weighted by Crippen LogP contribution is 2.15. The smallest absolute Gasteiger partial charge is 0.260 e. The Hall–Kier alpha value is -2.61. The molecular weight excluding hydrogens is 276 g/mol. The highest BCUT2D eigenvalue weighted by atomic mass is 32.1. The van der Waals surface area contributed by atoms with Crippen LogP contribution in [-0.4, -0.2) is 30.9 Å². The first-order chi connectivity index (χ1) is 9.75. The van der Waals surface area contributed by atoms with Crippen LogP contribution in [-0.2, 0) is 0 Å². The summed E-state index contributed by atoms with van der Waals surface area (Å²) in [7, 11) is 0. The van der Waals surface area contributed by atoms with Gasteiger partial charge in [-0.3, -0.25) is 10.1 Å². The molecule has 0 aliphatic carbocycles. The van der Waals surface area contributed by atoms with E-state index in [9.17, 15) is 4.79 Å². The third-order valence-electron chi connectivity index (χ3n) is 2.70. The van der Waals surface area contributed by atoms with Gasteiger partial charge in [-0.1, -0.05) is 17.4 Å². The fourth-order valence-corrected chi connectivity index (χ4v) is 2.17. The van der Waals surface area contributed by atoms with E-state index in [1.165, 1.54) is 17.5 Å². The molecule has 3 aromatic heterocycles. The number of carbonyl (C=O) groups is 1. The number of anilines is 1. The second-order valence-electron chi connectivity index (χ2n) is 3.94. The van der Waals surface area contributed by atoms with Crippen molar-refractivity contribution >= 4 is 22.4 Å². The van der Waals surface area contributed by atoms with Crippen molar-refractivity contribution in [2.24, 2.45) is 0 Å². The van der Waals surface area contributed by atoms with Gasteiger partial charge in [0, 0.05) is 6.20 Å². The van der Waals surface area contributed by atoms with Gasteiger partial charge in [0.05, 0.1) is 17.5 Å². The second-order valence-corrected chi connectivity index (χ2v) is 4.77. The molecule has 0 aromatic carbocycles. The number of amides is 1. The molecule has 0 saturated heterocycles. The normalized spacial score (nSPS) is 10.4. The number of pyridine rings is 1. The lowest BCUT2D eigenvalue weighted by Crippen LogP contribution is -2.13. The minimum atomic E-state index is -0.263. The summed E-state index contributed by atoms with van der Waals surface area (Å²) in [4.78, 5) is 16.3. The van der Waals surface area contributed by atoms with Crippen LogP contribution in [0.1, 0.15) is 16.1 Å². The largest absolute Gasteiger partial charge is 0.296 e. The van der Waals surface area contributed by atoms with E-state index in [-0.39, 0.29) is 5.91 Å². The molecule has 0 saturated carbocycles. The highest BCUT2D eigenvalue weighted by Gasteiger charge is 2.16. The number of nitrogens with zero attached hydrogens (tertiary/aromatic N) is 5. The SMILES string of the molecule is Cc1c(C(=O)Nc2nncs2)cnn1-c1ccccn1. The number of carbonyl (C=O) groups excluding carboxylic acids is 1. The van der Waals surface area contributed by atoms with Gasteiger partial charge in [0.1, 0.15) is 5.51 Å². The van der Waals surface area contributed by atoms with E-state index in [0.29, 0.717) is 22.2 Å². The zero-order valence-electron chi connectivity index (χ0n) is 10.5. The third kappa shape index (κ3) is 2.28. The molecular formula is C12H10N6OS. The van der Waals surface area contributed by atoms with Crippen molar-refractivity contribution in [2.75, 3.05) is 5.32 Å². The highest BCUT2D eigenvalue weighted by molar-refractivity contribution is 7.13. The van der Waals surface area contributed by atoms with Crippen LogP contribution in [0.2, 0.25) is 0 Å². The van der Waals surface area contributed by atoms with Crippen LogP contribution in [0.15, 0.2) is 36.1 Å². The minimum absolute atomic E-state index is 0.263. The molecule has 0 spiro atoms. The van der Waals surface area contributed by atoms with Crippen LogP contribution in [0.4, 0.5) is 5.13 Å². The molecule has 0 bridgehead atoms. The van der Waals surface area contributed by atoms with Crippen molar-refractivity contribution in [3.05, 3.63) is 47.4 Å². The Morgan fingerprint density at radius 2 is 2.30 bits per heavy atom. The quantitative estimate of drug-likeness (QED) is 0.791. The van der Waals surface area contributed by atoms with Crippen molar-refractivity contribution < 1.29 is 4.79 Å². The van der Waals surface area contributed by atoms with Crippen molar-refractivity contribution in [3.8, 4) is 5.82 Å². The number of hydrogen-bond donors (Lipinski definition) is 1. The number of rotatable bonds is 3. The van der Waals surface area contributed by atoms with Gasteiger partial charge in [0.15, 0.2) is 5.82 Å². The zero-order valence-corrected chi connectivity index (χ0v) is 11.3. The van der Waals surface area contributed by atoms with Crippen LogP contribution in [0, 0.1) is 6.92 Å². The summed E-state index contributed by atoms with van der Waals surface area (Å²) in [6.45, 7) is 1.82. The van der Waals surface area contributed by atoms with E-state index in [2.05, 4.69) is 25.6 Å². The number of aromatic nitrogens is 5. The van der Waals surface area contributed by atoms with Gasteiger partial charge < -0.3 is 0 Å². The molecule has 100 valence electrons. The first kappa shape index (κ1) is 12.4. The van der Waals surface area contributed by atoms with Crippen LogP contribution in [0.3, 0.4) is 0 Å². The number of nitrogens with one attached hydrogen (secondary N) is 1. The van der Waals surface area contributed by atoms with Gasteiger partial charge in [-0.15, -0.1) is 10.2 Å². The second kappa shape index (κ2) is 5.17. The van der Waals surface area contributed by atoms with E-state index in [4.69, 9.17) is 0 Å². The Morgan fingerprint density at radius 1 is 1.40 bits per heavy atom. The Kier molecular flexibility index (Phi) is 3.21. The average molecular weight is 286 g/mol. The molecule has 3 aromatic rings. The Balaban J connectivity index is 1.89. The molecule has 0 atom stereocenters. The van der Waals surface area contributed by atoms with Gasteiger partial charge in [0.2, 0.25) is 5.13 Å². The summed E-state index contributed by atoms with van der Waals surface area (Å²) >= 11 is 1.26. The van der Waals surface area contributed by atoms with E-state index in [0.717, 1.165) is 0 Å². The van der Waals surface area contributed by atoms with Crippen molar-refractivity contribution in [2.45, 2.75) is 6.92 Å². The van der Waals surface area contributed by atoms with Crippen LogP contribution < -0.4 is 5.32 Å². The Labute approximate surface area is 118 Å². The third-order valence-corrected chi connectivity index (χ3v) is 3.31. The predicted molar refractivity (Wildman–Crippen MR) is 74.0 cm³/mol. The summed E-state index contributed by atoms with van der Waals surface area (Å²) in [6.07, 6.45) is 3.19. The van der Waals surface area contributed by atoms with E-state index in [1.807, 2.05) is 25.1 Å². The molecule has 1 N–H and O–H groups in total. The maximum absolute atomic E-state index is 12.1. The van der Waals surface area contributed by atoms with Crippen molar-refractivity contribution in [1.82, 2.24) is 25.0 Å². The molecule has 0 fully saturated rings. The van der Waals surface area contributed by atoms with Gasteiger partial charge >= 0.3 is 0 Å². The van der Waals surface area contributed by atoms with E-state index >= 15 is 0 Å². The molecule has 3 heterocycles. The molecule has 0 radical (unpaired) electrons. The number of hydrogen-bond acceptors (Lipinski definition) is 6. The van der Waals surface area contributed by atoms with Gasteiger partial charge in [-0.25, -0.2) is 9.67 Å². The summed E-state index contributed by atoms with van der Waals surface area (Å²) in [5, 5.41) is 14.8. The van der Waals surface area contributed by atoms with E-state index < -0.39 is 0 Å². The fraction of sp³-hybridized carbons (Fsp3) is 0.0833. The monoisotopic (exact) mass is 286 g/mol. The molecule has 7 nitrogen and oxygen atoms in total. The minimum Gasteiger partial charge on any atom is -0.296 e. The summed E-state index contributed by atoms with van der Waals surface area (Å²) in [5.74, 6) is 0.404. The van der Waals surface area contributed by atoms with Gasteiger partial charge in [0.25, 0.3) is 5.91 Å². The van der Waals surface area contributed by atoms with Crippen molar-refractivity contribution in [3.63, 3.8) is 0 Å². The summed E-state index contributed by atoms with van der Waals surface area (Å²) in [6, 6.07) is 5.52. The molecule has 20 heavy (non-hydrogen) atoms. The predicted octanol–water partition coefficient (Wildman–Crippen LogP) is 1.68. The molecule has 0 aliphatic rings. The molecule has 8 heteroatoms. The maximum atomic E-state index is 12.1. The lowest BCUT2D eigenvalue weighted by Gasteiger charge is -2.04. The summed E-state index contributed by atoms with van der Waals surface area (Å²) < 4.78 is 1.62. The van der Waals surface area contributed by atoms with Crippen LogP contribution in [0.25, 0.3) is 5.82 Å². The molecule has 0 unspecified atom stereocenters. The van der Waals surface area contributed by atoms with Crippen LogP contribution in [0.5, 0.6) is 0 Å². The van der Waals surface area contributed by atoms with Crippen LogP contribution >= 0.6 is 11.3 Å². The zero-order chi connectivity index (χ0) is 13.9. The fourth-order valence-electron chi connectivity index (χ4n) is 1.73. The summed E-state index contributed by atoms with van der Waals surface area (Å²) in [5.41, 5.74) is 2.75. The topological polar surface area (TPSA) is 85.6 Å². The average Bonchev–Trinajstić information content (AvgIpc) is 3.09. The molecule has 0 aliphatic heterocycles. The lowest BCUT2D eigenvalue weighted by atomic mass is 10.2. The Bertz CT molecular complexity index is 722. The first-order valence-corrected chi connectivity index (χ1v) is 6.67. The van der Waals surface area contributed by atoms with Crippen molar-refractivity contribution in [1.29, 1.82) is 0 Å². The standard InChI is InChI=1S/C12H10N6OS/c1-8-9(11(19)16-12-17-14-7-20-12)6-15-18(8)10-4-2-3-5-13-10/h2-7H,1H3,(H,16,17,19). The lowest BCUT2D eigenvalue weighted by molar-refractivity contribution is 0.102. The van der Waals surface area contributed by atoms with Gasteiger partial charge in [-0.05, 0) is 19.1 Å². The maximum Gasteiger partial charge on any atom is 0.260 e. The molecule has 1 amide bonds.